The second kappa shape index (κ2) is 6.74. The van der Waals surface area contributed by atoms with Crippen LogP contribution < -0.4 is 10.2 Å². The van der Waals surface area contributed by atoms with Crippen molar-refractivity contribution in [2.45, 2.75) is 25.5 Å². The highest BCUT2D eigenvalue weighted by atomic mass is 32.2. The zero-order valence-electron chi connectivity index (χ0n) is 11.7. The molecule has 1 N–H and O–H groups in total. The van der Waals surface area contributed by atoms with Crippen molar-refractivity contribution in [3.8, 4) is 0 Å². The number of rotatable bonds is 5. The maximum absolute atomic E-state index is 11.4. The van der Waals surface area contributed by atoms with E-state index in [2.05, 4.69) is 22.2 Å². The molecule has 0 aliphatic carbocycles. The molecule has 0 bridgehead atoms. The Bertz CT molecular complexity index is 485. The molecule has 8 heteroatoms. The van der Waals surface area contributed by atoms with Crippen molar-refractivity contribution in [2.75, 3.05) is 35.6 Å². The highest BCUT2D eigenvalue weighted by Crippen LogP contribution is 2.33. The van der Waals surface area contributed by atoms with E-state index in [1.54, 1.807) is 0 Å². The van der Waals surface area contributed by atoms with E-state index in [-0.39, 0.29) is 10.6 Å². The minimum absolute atomic E-state index is 0.0138. The van der Waals surface area contributed by atoms with Gasteiger partial charge in [0.25, 0.3) is 0 Å². The van der Waals surface area contributed by atoms with Gasteiger partial charge in [0.05, 0.1) is 4.92 Å². The molecule has 1 aromatic heterocycles. The van der Waals surface area contributed by atoms with Crippen molar-refractivity contribution in [1.29, 1.82) is 0 Å². The van der Waals surface area contributed by atoms with Crippen molar-refractivity contribution >= 4 is 29.1 Å². The maximum Gasteiger partial charge on any atom is 0.353 e. The monoisotopic (exact) mass is 297 g/mol. The van der Waals surface area contributed by atoms with E-state index in [0.717, 1.165) is 25.3 Å². The average Bonchev–Trinajstić information content (AvgIpc) is 2.44. The summed E-state index contributed by atoms with van der Waals surface area (Å²) in [6, 6.07) is 0. The lowest BCUT2D eigenvalue weighted by Crippen LogP contribution is -2.37. The van der Waals surface area contributed by atoms with Crippen LogP contribution in [0.3, 0.4) is 0 Å². The number of hydrogen-bond donors (Lipinski definition) is 1. The summed E-state index contributed by atoms with van der Waals surface area (Å²) in [5, 5.41) is 14.8. The topological polar surface area (TPSA) is 84.2 Å². The SMILES string of the molecule is CCCNc1ncnc(N2CCSC(C)C2)c1[N+](=O)[O-]. The molecule has 1 unspecified atom stereocenters. The lowest BCUT2D eigenvalue weighted by Gasteiger charge is -2.31. The van der Waals surface area contributed by atoms with Crippen molar-refractivity contribution in [1.82, 2.24) is 9.97 Å². The number of thioether (sulfide) groups is 1. The zero-order valence-corrected chi connectivity index (χ0v) is 12.5. The van der Waals surface area contributed by atoms with Gasteiger partial charge in [-0.05, 0) is 6.42 Å². The van der Waals surface area contributed by atoms with Crippen LogP contribution in [-0.2, 0) is 0 Å². The highest BCUT2D eigenvalue weighted by molar-refractivity contribution is 8.00. The highest BCUT2D eigenvalue weighted by Gasteiger charge is 2.29. The molecule has 1 aliphatic rings. The van der Waals surface area contributed by atoms with Crippen molar-refractivity contribution in [3.05, 3.63) is 16.4 Å². The van der Waals surface area contributed by atoms with Crippen LogP contribution in [0, 0.1) is 10.1 Å². The van der Waals surface area contributed by atoms with Gasteiger partial charge in [0.15, 0.2) is 0 Å². The molecule has 1 aromatic rings. The van der Waals surface area contributed by atoms with Crippen LogP contribution in [-0.4, -0.2) is 45.5 Å². The molecule has 0 amide bonds. The van der Waals surface area contributed by atoms with Crippen molar-refractivity contribution in [3.63, 3.8) is 0 Å². The molecule has 2 rings (SSSR count). The molecule has 2 heterocycles. The van der Waals surface area contributed by atoms with Crippen molar-refractivity contribution in [2.24, 2.45) is 0 Å². The standard InChI is InChI=1S/C12H19N5O2S/c1-3-4-13-11-10(17(18)19)12(15-8-14-11)16-5-6-20-9(2)7-16/h8-9H,3-7H2,1-2H3,(H,13,14,15). The molecule has 7 nitrogen and oxygen atoms in total. The molecular weight excluding hydrogens is 278 g/mol. The summed E-state index contributed by atoms with van der Waals surface area (Å²) in [7, 11) is 0. The Morgan fingerprint density at radius 1 is 1.60 bits per heavy atom. The van der Waals surface area contributed by atoms with Gasteiger partial charge < -0.3 is 10.2 Å². The average molecular weight is 297 g/mol. The fourth-order valence-electron chi connectivity index (χ4n) is 2.15. The largest absolute Gasteiger partial charge is 0.364 e. The lowest BCUT2D eigenvalue weighted by molar-refractivity contribution is -0.383. The summed E-state index contributed by atoms with van der Waals surface area (Å²) >= 11 is 1.88. The molecule has 1 atom stereocenters. The Labute approximate surface area is 122 Å². The smallest absolute Gasteiger partial charge is 0.353 e. The Hall–Kier alpha value is -1.57. The minimum Gasteiger partial charge on any atom is -0.364 e. The normalized spacial score (nSPS) is 18.9. The second-order valence-electron chi connectivity index (χ2n) is 4.71. The molecule has 0 saturated carbocycles. The predicted octanol–water partition coefficient (Wildman–Crippen LogP) is 2.15. The Morgan fingerprint density at radius 3 is 3.05 bits per heavy atom. The van der Waals surface area contributed by atoms with Crippen LogP contribution in [0.15, 0.2) is 6.33 Å². The van der Waals surface area contributed by atoms with E-state index in [0.29, 0.717) is 23.4 Å². The van der Waals surface area contributed by atoms with Gasteiger partial charge >= 0.3 is 5.69 Å². The first-order valence-corrected chi connectivity index (χ1v) is 7.78. The van der Waals surface area contributed by atoms with Gasteiger partial charge in [0.1, 0.15) is 6.33 Å². The summed E-state index contributed by atoms with van der Waals surface area (Å²) in [5.74, 6) is 1.70. The summed E-state index contributed by atoms with van der Waals surface area (Å²) in [4.78, 5) is 21.1. The molecule has 1 fully saturated rings. The Balaban J connectivity index is 2.33. The van der Waals surface area contributed by atoms with Gasteiger partial charge in [-0.1, -0.05) is 13.8 Å². The summed E-state index contributed by atoms with van der Waals surface area (Å²) < 4.78 is 0. The Morgan fingerprint density at radius 2 is 2.40 bits per heavy atom. The number of aromatic nitrogens is 2. The molecule has 0 radical (unpaired) electrons. The molecule has 1 aliphatic heterocycles. The molecule has 0 spiro atoms. The summed E-state index contributed by atoms with van der Waals surface area (Å²) in [5.41, 5.74) is -0.0138. The van der Waals surface area contributed by atoms with Gasteiger partial charge in [-0.25, -0.2) is 9.97 Å². The first-order chi connectivity index (χ1) is 9.63. The molecule has 0 aromatic carbocycles. The summed E-state index contributed by atoms with van der Waals surface area (Å²) in [6.45, 7) is 6.34. The first kappa shape index (κ1) is 14.8. The second-order valence-corrected chi connectivity index (χ2v) is 6.25. The zero-order chi connectivity index (χ0) is 14.5. The fourth-order valence-corrected chi connectivity index (χ4v) is 3.17. The maximum atomic E-state index is 11.4. The molecule has 1 saturated heterocycles. The fraction of sp³-hybridized carbons (Fsp3) is 0.667. The van der Waals surface area contributed by atoms with Crippen LogP contribution in [0.5, 0.6) is 0 Å². The van der Waals surface area contributed by atoms with E-state index in [4.69, 9.17) is 0 Å². The minimum atomic E-state index is -0.389. The van der Waals surface area contributed by atoms with Crippen LogP contribution in [0.2, 0.25) is 0 Å². The first-order valence-electron chi connectivity index (χ1n) is 6.73. The Kier molecular flexibility index (Phi) is 4.99. The van der Waals surface area contributed by atoms with E-state index in [1.807, 2.05) is 23.6 Å². The predicted molar refractivity (Wildman–Crippen MR) is 81.6 cm³/mol. The quantitative estimate of drug-likeness (QED) is 0.658. The number of hydrogen-bond acceptors (Lipinski definition) is 7. The van der Waals surface area contributed by atoms with Gasteiger partial charge in [-0.3, -0.25) is 10.1 Å². The van der Waals surface area contributed by atoms with Gasteiger partial charge in [-0.15, -0.1) is 0 Å². The van der Waals surface area contributed by atoms with E-state index < -0.39 is 0 Å². The third-order valence-electron chi connectivity index (χ3n) is 3.07. The van der Waals surface area contributed by atoms with Crippen LogP contribution in [0.1, 0.15) is 20.3 Å². The van der Waals surface area contributed by atoms with Crippen LogP contribution >= 0.6 is 11.8 Å². The third-order valence-corrected chi connectivity index (χ3v) is 4.20. The molecule has 20 heavy (non-hydrogen) atoms. The van der Waals surface area contributed by atoms with Gasteiger partial charge in [0, 0.05) is 30.6 Å². The van der Waals surface area contributed by atoms with Crippen molar-refractivity contribution < 1.29 is 4.92 Å². The van der Waals surface area contributed by atoms with Gasteiger partial charge in [-0.2, -0.15) is 11.8 Å². The number of nitrogens with zero attached hydrogens (tertiary/aromatic N) is 4. The third kappa shape index (κ3) is 3.30. The van der Waals surface area contributed by atoms with E-state index in [9.17, 15) is 10.1 Å². The van der Waals surface area contributed by atoms with E-state index in [1.165, 1.54) is 6.33 Å². The number of nitrogens with one attached hydrogen (secondary N) is 1. The van der Waals surface area contributed by atoms with E-state index >= 15 is 0 Å². The summed E-state index contributed by atoms with van der Waals surface area (Å²) in [6.07, 6.45) is 2.28. The molecular formula is C12H19N5O2S. The van der Waals surface area contributed by atoms with Crippen LogP contribution in [0.4, 0.5) is 17.3 Å². The van der Waals surface area contributed by atoms with Gasteiger partial charge in [0.2, 0.25) is 11.6 Å². The molecule has 110 valence electrons. The number of anilines is 2. The van der Waals surface area contributed by atoms with Crippen LogP contribution in [0.25, 0.3) is 0 Å². The number of nitro groups is 1. The lowest BCUT2D eigenvalue weighted by atomic mass is 10.3.